The fourth-order valence-electron chi connectivity index (χ4n) is 5.26. The molecule has 40 heavy (non-hydrogen) atoms. The minimum absolute atomic E-state index is 0.0158. The molecule has 1 fully saturated rings. The number of aryl methyl sites for hydroxylation is 1. The molecule has 0 radical (unpaired) electrons. The number of unbranched alkanes of at least 4 members (excludes halogenated alkanes) is 1. The maximum atomic E-state index is 13.4. The first-order valence-corrected chi connectivity index (χ1v) is 13.5. The van der Waals surface area contributed by atoms with Gasteiger partial charge in [0.05, 0.1) is 24.1 Å². The van der Waals surface area contributed by atoms with Crippen molar-refractivity contribution < 1.29 is 22.8 Å². The van der Waals surface area contributed by atoms with Crippen LogP contribution in [0.1, 0.15) is 59.1 Å². The van der Waals surface area contributed by atoms with E-state index in [9.17, 15) is 22.8 Å². The Kier molecular flexibility index (Phi) is 7.73. The standard InChI is InChI=1S/C29H31F3N6O2/c1-3-4-5-25(39)36-12-14-37(15-13-36)28(40)21-7-6-20(16-19(21)2)17-23-27-35-18-24(38(27)11-10-33-23)22-8-9-34-26(22)29(30,31)32/h6-8,10-11,16,18H,3-5,9,12-15,17H2,1-2H3. The molecule has 0 atom stereocenters. The number of aliphatic imine (C=N–C) groups is 1. The van der Waals surface area contributed by atoms with Crippen LogP contribution in [-0.2, 0) is 11.2 Å². The van der Waals surface area contributed by atoms with Gasteiger partial charge in [-0.3, -0.25) is 24.0 Å². The number of rotatable bonds is 7. The highest BCUT2D eigenvalue weighted by molar-refractivity contribution is 6.27. The molecular weight excluding hydrogens is 521 g/mol. The molecule has 0 aliphatic carbocycles. The summed E-state index contributed by atoms with van der Waals surface area (Å²) in [5.74, 6) is 0.0893. The summed E-state index contributed by atoms with van der Waals surface area (Å²) in [4.78, 5) is 41.6. The number of allylic oxidation sites excluding steroid dienone is 1. The van der Waals surface area contributed by atoms with E-state index >= 15 is 0 Å². The van der Waals surface area contributed by atoms with E-state index in [1.807, 2.05) is 24.0 Å². The highest BCUT2D eigenvalue weighted by Gasteiger charge is 2.40. The Hall–Kier alpha value is -4.02. The van der Waals surface area contributed by atoms with E-state index in [0.717, 1.165) is 24.0 Å². The van der Waals surface area contributed by atoms with Crippen molar-refractivity contribution in [3.8, 4) is 0 Å². The average Bonchev–Trinajstić information content (AvgIpc) is 3.59. The Labute approximate surface area is 230 Å². The van der Waals surface area contributed by atoms with Gasteiger partial charge in [-0.15, -0.1) is 0 Å². The number of fused-ring (bicyclic) bond motifs is 1. The monoisotopic (exact) mass is 552 g/mol. The molecule has 2 aliphatic heterocycles. The SMILES string of the molecule is CCCCC(=O)N1CCN(C(=O)c2ccc(Cc3nccn4c(C5=CCN=C5C(F)(F)F)cnc34)cc2C)CC1. The second kappa shape index (κ2) is 11.2. The van der Waals surface area contributed by atoms with Crippen molar-refractivity contribution >= 4 is 28.7 Å². The topological polar surface area (TPSA) is 83.2 Å². The van der Waals surface area contributed by atoms with Gasteiger partial charge < -0.3 is 9.80 Å². The molecule has 2 amide bonds. The third-order valence-corrected chi connectivity index (χ3v) is 7.40. The fraction of sp³-hybridized carbons (Fsp3) is 0.414. The number of benzene rings is 1. The largest absolute Gasteiger partial charge is 0.433 e. The van der Waals surface area contributed by atoms with Crippen LogP contribution in [-0.4, -0.2) is 80.6 Å². The van der Waals surface area contributed by atoms with Crippen molar-refractivity contribution in [2.45, 2.75) is 45.7 Å². The molecule has 0 bridgehead atoms. The highest BCUT2D eigenvalue weighted by Crippen LogP contribution is 2.32. The van der Waals surface area contributed by atoms with E-state index in [1.165, 1.54) is 12.3 Å². The first kappa shape index (κ1) is 27.5. The van der Waals surface area contributed by atoms with Gasteiger partial charge >= 0.3 is 6.18 Å². The van der Waals surface area contributed by atoms with Gasteiger partial charge in [0.2, 0.25) is 5.91 Å². The lowest BCUT2D eigenvalue weighted by atomic mass is 10.0. The molecule has 1 aromatic carbocycles. The predicted molar refractivity (Wildman–Crippen MR) is 145 cm³/mol. The Balaban J connectivity index is 1.29. The molecule has 0 saturated carbocycles. The first-order valence-electron chi connectivity index (χ1n) is 13.5. The molecule has 210 valence electrons. The zero-order valence-corrected chi connectivity index (χ0v) is 22.5. The summed E-state index contributed by atoms with van der Waals surface area (Å²) in [5.41, 5.74) is 2.85. The summed E-state index contributed by atoms with van der Waals surface area (Å²) in [6.45, 7) is 6.01. The number of alkyl halides is 3. The molecule has 0 unspecified atom stereocenters. The minimum Gasteiger partial charge on any atom is -0.339 e. The molecular formula is C29H31F3N6O2. The Morgan fingerprint density at radius 3 is 2.50 bits per heavy atom. The van der Waals surface area contributed by atoms with E-state index in [4.69, 9.17) is 0 Å². The fourth-order valence-corrected chi connectivity index (χ4v) is 5.26. The molecule has 2 aliphatic rings. The number of hydrogen-bond acceptors (Lipinski definition) is 5. The smallest absolute Gasteiger partial charge is 0.339 e. The second-order valence-corrected chi connectivity index (χ2v) is 10.1. The van der Waals surface area contributed by atoms with Crippen LogP contribution in [0.4, 0.5) is 13.2 Å². The number of halogens is 3. The molecule has 5 rings (SSSR count). The molecule has 8 nitrogen and oxygen atoms in total. The van der Waals surface area contributed by atoms with Crippen LogP contribution in [0, 0.1) is 6.92 Å². The lowest BCUT2D eigenvalue weighted by molar-refractivity contribution is -0.132. The molecule has 2 aromatic heterocycles. The number of hydrogen-bond donors (Lipinski definition) is 0. The molecule has 4 heterocycles. The molecule has 11 heteroatoms. The van der Waals surface area contributed by atoms with Crippen molar-refractivity contribution in [1.82, 2.24) is 24.2 Å². The summed E-state index contributed by atoms with van der Waals surface area (Å²) in [6.07, 6.45) is 4.27. The van der Waals surface area contributed by atoms with Gasteiger partial charge in [-0.2, -0.15) is 13.2 Å². The van der Waals surface area contributed by atoms with E-state index in [0.29, 0.717) is 61.6 Å². The van der Waals surface area contributed by atoms with Crippen LogP contribution in [0.3, 0.4) is 0 Å². The predicted octanol–water partition coefficient (Wildman–Crippen LogP) is 4.50. The quantitative estimate of drug-likeness (QED) is 0.432. The Morgan fingerprint density at radius 1 is 1.05 bits per heavy atom. The lowest BCUT2D eigenvalue weighted by Gasteiger charge is -2.35. The van der Waals surface area contributed by atoms with Crippen molar-refractivity contribution in [2.24, 2.45) is 4.99 Å². The zero-order valence-electron chi connectivity index (χ0n) is 22.5. The van der Waals surface area contributed by atoms with Crippen LogP contribution < -0.4 is 0 Å². The number of amides is 2. The average molecular weight is 553 g/mol. The Bertz CT molecular complexity index is 1500. The number of carbonyl (C=O) groups excluding carboxylic acids is 2. The van der Waals surface area contributed by atoms with Gasteiger partial charge in [-0.05, 0) is 30.5 Å². The first-order chi connectivity index (χ1) is 19.2. The van der Waals surface area contributed by atoms with E-state index < -0.39 is 11.9 Å². The van der Waals surface area contributed by atoms with Gasteiger partial charge in [0, 0.05) is 62.6 Å². The molecule has 0 spiro atoms. The van der Waals surface area contributed by atoms with Crippen LogP contribution in [0.15, 0.2) is 47.9 Å². The number of imidazole rings is 1. The van der Waals surface area contributed by atoms with Crippen LogP contribution in [0.2, 0.25) is 0 Å². The van der Waals surface area contributed by atoms with Crippen molar-refractivity contribution in [3.63, 3.8) is 0 Å². The number of piperazine rings is 1. The summed E-state index contributed by atoms with van der Waals surface area (Å²) in [7, 11) is 0. The Morgan fingerprint density at radius 2 is 1.80 bits per heavy atom. The maximum Gasteiger partial charge on any atom is 0.433 e. The summed E-state index contributed by atoms with van der Waals surface area (Å²) in [6, 6.07) is 5.60. The maximum absolute atomic E-state index is 13.4. The summed E-state index contributed by atoms with van der Waals surface area (Å²) in [5, 5.41) is 0. The normalized spacial score (nSPS) is 15.9. The van der Waals surface area contributed by atoms with Gasteiger partial charge in [0.25, 0.3) is 5.91 Å². The summed E-state index contributed by atoms with van der Waals surface area (Å²) >= 11 is 0. The van der Waals surface area contributed by atoms with Gasteiger partial charge in [-0.1, -0.05) is 31.6 Å². The summed E-state index contributed by atoms with van der Waals surface area (Å²) < 4.78 is 42.0. The second-order valence-electron chi connectivity index (χ2n) is 10.1. The van der Waals surface area contributed by atoms with Gasteiger partial charge in [0.1, 0.15) is 5.71 Å². The third kappa shape index (κ3) is 5.50. The number of carbonyl (C=O) groups is 2. The highest BCUT2D eigenvalue weighted by atomic mass is 19.4. The van der Waals surface area contributed by atoms with Crippen LogP contribution in [0.5, 0.6) is 0 Å². The number of nitrogens with zero attached hydrogens (tertiary/aromatic N) is 6. The molecule has 1 saturated heterocycles. The van der Waals surface area contributed by atoms with E-state index in [1.54, 1.807) is 27.8 Å². The number of aromatic nitrogens is 3. The molecule has 0 N–H and O–H groups in total. The van der Waals surface area contributed by atoms with Gasteiger partial charge in [0.15, 0.2) is 5.65 Å². The van der Waals surface area contributed by atoms with Crippen LogP contribution in [0.25, 0.3) is 11.2 Å². The zero-order chi connectivity index (χ0) is 28.4. The van der Waals surface area contributed by atoms with Gasteiger partial charge in [-0.25, -0.2) is 4.98 Å². The van der Waals surface area contributed by atoms with E-state index in [-0.39, 0.29) is 23.9 Å². The van der Waals surface area contributed by atoms with E-state index in [2.05, 4.69) is 21.9 Å². The molecule has 3 aromatic rings. The lowest BCUT2D eigenvalue weighted by Crippen LogP contribution is -2.50. The van der Waals surface area contributed by atoms with Crippen LogP contribution >= 0.6 is 0 Å². The van der Waals surface area contributed by atoms with Crippen molar-refractivity contribution in [1.29, 1.82) is 0 Å². The minimum atomic E-state index is -4.54. The van der Waals surface area contributed by atoms with Crippen molar-refractivity contribution in [2.75, 3.05) is 32.7 Å². The third-order valence-electron chi connectivity index (χ3n) is 7.40. The van der Waals surface area contributed by atoms with Crippen molar-refractivity contribution in [3.05, 3.63) is 70.9 Å².